The Morgan fingerprint density at radius 1 is 1.33 bits per heavy atom. The topological polar surface area (TPSA) is 24.9 Å². The second-order valence-electron chi connectivity index (χ2n) is 4.21. The number of hydrogen-bond acceptors (Lipinski definition) is 3. The van der Waals surface area contributed by atoms with E-state index in [0.29, 0.717) is 5.92 Å². The molecule has 0 fully saturated rings. The zero-order valence-corrected chi connectivity index (χ0v) is 11.1. The van der Waals surface area contributed by atoms with Gasteiger partial charge in [0.25, 0.3) is 0 Å². The Morgan fingerprint density at radius 2 is 2.07 bits per heavy atom. The Balaban J connectivity index is 2.71. The van der Waals surface area contributed by atoms with Gasteiger partial charge in [-0.1, -0.05) is 27.7 Å². The summed E-state index contributed by atoms with van der Waals surface area (Å²) in [5.74, 6) is 0.702. The smallest absolute Gasteiger partial charge is 0.0934 e. The summed E-state index contributed by atoms with van der Waals surface area (Å²) in [7, 11) is 0. The van der Waals surface area contributed by atoms with E-state index in [4.69, 9.17) is 4.98 Å². The van der Waals surface area contributed by atoms with E-state index in [1.165, 1.54) is 15.6 Å². The van der Waals surface area contributed by atoms with Crippen LogP contribution in [0.5, 0.6) is 0 Å². The third-order valence-electron chi connectivity index (χ3n) is 2.28. The first-order valence-corrected chi connectivity index (χ1v) is 6.67. The van der Waals surface area contributed by atoms with E-state index in [1.54, 1.807) is 0 Å². The molecule has 86 valence electrons. The molecule has 1 aromatic rings. The van der Waals surface area contributed by atoms with Crippen LogP contribution in [0.25, 0.3) is 0 Å². The van der Waals surface area contributed by atoms with Crippen molar-refractivity contribution in [3.05, 3.63) is 15.6 Å². The van der Waals surface area contributed by atoms with Gasteiger partial charge in [0.15, 0.2) is 0 Å². The first-order valence-electron chi connectivity index (χ1n) is 5.85. The lowest BCUT2D eigenvalue weighted by atomic mass is 10.1. The summed E-state index contributed by atoms with van der Waals surface area (Å²) in [5, 5.41) is 4.68. The van der Waals surface area contributed by atoms with Gasteiger partial charge in [0.05, 0.1) is 10.7 Å². The van der Waals surface area contributed by atoms with Crippen molar-refractivity contribution < 1.29 is 0 Å². The fourth-order valence-corrected chi connectivity index (χ4v) is 2.87. The number of hydrogen-bond donors (Lipinski definition) is 1. The van der Waals surface area contributed by atoms with Gasteiger partial charge >= 0.3 is 0 Å². The van der Waals surface area contributed by atoms with Gasteiger partial charge in [0.1, 0.15) is 0 Å². The zero-order valence-electron chi connectivity index (χ0n) is 10.3. The minimum Gasteiger partial charge on any atom is -0.312 e. The number of thiazole rings is 1. The van der Waals surface area contributed by atoms with Gasteiger partial charge in [-0.25, -0.2) is 4.98 Å². The van der Waals surface area contributed by atoms with Gasteiger partial charge in [-0.15, -0.1) is 11.3 Å². The fraction of sp³-hybridized carbons (Fsp3) is 0.750. The van der Waals surface area contributed by atoms with Crippen LogP contribution in [-0.2, 0) is 19.4 Å². The number of nitrogens with zero attached hydrogens (tertiary/aromatic N) is 1. The van der Waals surface area contributed by atoms with Gasteiger partial charge in [-0.2, -0.15) is 0 Å². The molecule has 1 aromatic heterocycles. The lowest BCUT2D eigenvalue weighted by molar-refractivity contribution is 0.643. The fourth-order valence-electron chi connectivity index (χ4n) is 1.53. The molecule has 15 heavy (non-hydrogen) atoms. The predicted molar refractivity (Wildman–Crippen MR) is 67.4 cm³/mol. The van der Waals surface area contributed by atoms with E-state index in [-0.39, 0.29) is 0 Å². The lowest BCUT2D eigenvalue weighted by Crippen LogP contribution is -2.11. The Kier molecular flexibility index (Phi) is 5.26. The Bertz CT molecular complexity index is 292. The van der Waals surface area contributed by atoms with E-state index in [2.05, 4.69) is 33.0 Å². The number of rotatable bonds is 6. The molecule has 1 heterocycles. The molecule has 0 aliphatic carbocycles. The Hall–Kier alpha value is -0.410. The molecule has 0 bridgehead atoms. The van der Waals surface area contributed by atoms with Crippen LogP contribution in [0.15, 0.2) is 0 Å². The average Bonchev–Trinajstić information content (AvgIpc) is 2.56. The SMILES string of the molecule is CCNCc1sc(CC(C)C)nc1CC. The van der Waals surface area contributed by atoms with Crippen molar-refractivity contribution in [2.24, 2.45) is 5.92 Å². The molecule has 1 N–H and O–H groups in total. The lowest BCUT2D eigenvalue weighted by Gasteiger charge is -1.99. The first kappa shape index (κ1) is 12.7. The van der Waals surface area contributed by atoms with Crippen molar-refractivity contribution in [3.63, 3.8) is 0 Å². The van der Waals surface area contributed by atoms with Crippen LogP contribution in [0.3, 0.4) is 0 Å². The van der Waals surface area contributed by atoms with E-state index in [1.807, 2.05) is 11.3 Å². The standard InChI is InChI=1S/C12H22N2S/c1-5-10-11(8-13-6-2)15-12(14-10)7-9(3)4/h9,13H,5-8H2,1-4H3. The second-order valence-corrected chi connectivity index (χ2v) is 5.38. The molecule has 0 radical (unpaired) electrons. The van der Waals surface area contributed by atoms with Gasteiger partial charge in [-0.05, 0) is 18.9 Å². The van der Waals surface area contributed by atoms with Crippen LogP contribution < -0.4 is 5.32 Å². The minimum atomic E-state index is 0.702. The molecule has 0 saturated heterocycles. The van der Waals surface area contributed by atoms with Crippen LogP contribution >= 0.6 is 11.3 Å². The maximum absolute atomic E-state index is 4.70. The largest absolute Gasteiger partial charge is 0.312 e. The summed E-state index contributed by atoms with van der Waals surface area (Å²) in [4.78, 5) is 6.13. The maximum atomic E-state index is 4.70. The van der Waals surface area contributed by atoms with Crippen molar-refractivity contribution in [2.45, 2.75) is 47.1 Å². The number of aromatic nitrogens is 1. The van der Waals surface area contributed by atoms with Crippen LogP contribution in [-0.4, -0.2) is 11.5 Å². The molecule has 0 aromatic carbocycles. The van der Waals surface area contributed by atoms with Crippen molar-refractivity contribution in [1.29, 1.82) is 0 Å². The maximum Gasteiger partial charge on any atom is 0.0934 e. The highest BCUT2D eigenvalue weighted by molar-refractivity contribution is 7.11. The highest BCUT2D eigenvalue weighted by atomic mass is 32.1. The number of nitrogens with one attached hydrogen (secondary N) is 1. The molecule has 1 rings (SSSR count). The quantitative estimate of drug-likeness (QED) is 0.806. The molecule has 2 nitrogen and oxygen atoms in total. The average molecular weight is 226 g/mol. The second kappa shape index (κ2) is 6.23. The predicted octanol–water partition coefficient (Wildman–Crippen LogP) is 3.01. The molecule has 0 saturated carbocycles. The highest BCUT2D eigenvalue weighted by Crippen LogP contribution is 2.21. The van der Waals surface area contributed by atoms with Gasteiger partial charge in [0, 0.05) is 17.8 Å². The van der Waals surface area contributed by atoms with Crippen molar-refractivity contribution >= 4 is 11.3 Å². The monoisotopic (exact) mass is 226 g/mol. The van der Waals surface area contributed by atoms with E-state index in [0.717, 1.165) is 25.9 Å². The van der Waals surface area contributed by atoms with Crippen LogP contribution in [0.4, 0.5) is 0 Å². The van der Waals surface area contributed by atoms with E-state index < -0.39 is 0 Å². The van der Waals surface area contributed by atoms with E-state index in [9.17, 15) is 0 Å². The molecule has 0 aliphatic rings. The van der Waals surface area contributed by atoms with Gasteiger partial charge < -0.3 is 5.32 Å². The molecule has 0 atom stereocenters. The van der Waals surface area contributed by atoms with Crippen molar-refractivity contribution in [1.82, 2.24) is 10.3 Å². The summed E-state index contributed by atoms with van der Waals surface area (Å²) in [6.45, 7) is 10.8. The third kappa shape index (κ3) is 3.92. The first-order chi connectivity index (χ1) is 7.17. The van der Waals surface area contributed by atoms with Crippen molar-refractivity contribution in [3.8, 4) is 0 Å². The molecule has 0 unspecified atom stereocenters. The summed E-state index contributed by atoms with van der Waals surface area (Å²) < 4.78 is 0. The third-order valence-corrected chi connectivity index (χ3v) is 3.40. The molecular weight excluding hydrogens is 204 g/mol. The van der Waals surface area contributed by atoms with Crippen LogP contribution in [0.2, 0.25) is 0 Å². The molecule has 0 spiro atoms. The van der Waals surface area contributed by atoms with Gasteiger partial charge in [-0.3, -0.25) is 0 Å². The van der Waals surface area contributed by atoms with Crippen molar-refractivity contribution in [2.75, 3.05) is 6.54 Å². The Labute approximate surface area is 97.1 Å². The van der Waals surface area contributed by atoms with Crippen LogP contribution in [0.1, 0.15) is 43.3 Å². The summed E-state index contributed by atoms with van der Waals surface area (Å²) in [5.41, 5.74) is 1.29. The molecule has 3 heteroatoms. The summed E-state index contributed by atoms with van der Waals surface area (Å²) in [6, 6.07) is 0. The Morgan fingerprint density at radius 3 is 2.60 bits per heavy atom. The van der Waals surface area contributed by atoms with E-state index >= 15 is 0 Å². The summed E-state index contributed by atoms with van der Waals surface area (Å²) in [6.07, 6.45) is 2.17. The molecule has 0 amide bonds. The molecule has 0 aliphatic heterocycles. The zero-order chi connectivity index (χ0) is 11.3. The van der Waals surface area contributed by atoms with Crippen LogP contribution in [0, 0.1) is 5.92 Å². The molecular formula is C12H22N2S. The normalized spacial score (nSPS) is 11.3. The minimum absolute atomic E-state index is 0.702. The summed E-state index contributed by atoms with van der Waals surface area (Å²) >= 11 is 1.88. The number of aryl methyl sites for hydroxylation is 1. The highest BCUT2D eigenvalue weighted by Gasteiger charge is 2.10. The van der Waals surface area contributed by atoms with Gasteiger partial charge in [0.2, 0.25) is 0 Å².